The van der Waals surface area contributed by atoms with Crippen molar-refractivity contribution in [2.75, 3.05) is 18.4 Å². The molecule has 0 saturated carbocycles. The van der Waals surface area contributed by atoms with E-state index in [4.69, 9.17) is 0 Å². The number of nitro groups is 1. The van der Waals surface area contributed by atoms with Gasteiger partial charge < -0.3 is 5.32 Å². The maximum atomic E-state index is 11.1. The maximum Gasteiger partial charge on any atom is 0.273 e. The van der Waals surface area contributed by atoms with Crippen LogP contribution in [0.1, 0.15) is 24.0 Å². The molecule has 0 amide bonds. The standard InChI is InChI=1S/C19H23N3O2/c1-15-6-8-17(9-7-15)20-18-10-12-21(13-11-18)14-16-4-2-3-5-19(16)22(23)24/h2-9,18,20H,10-14H2,1H3. The van der Waals surface area contributed by atoms with Gasteiger partial charge in [-0.3, -0.25) is 15.0 Å². The van der Waals surface area contributed by atoms with Gasteiger partial charge in [0.2, 0.25) is 0 Å². The first kappa shape index (κ1) is 16.5. The lowest BCUT2D eigenvalue weighted by Gasteiger charge is -2.32. The molecule has 126 valence electrons. The number of para-hydroxylation sites is 1. The number of nitro benzene ring substituents is 1. The average molecular weight is 325 g/mol. The van der Waals surface area contributed by atoms with Crippen LogP contribution in [-0.2, 0) is 6.54 Å². The van der Waals surface area contributed by atoms with Gasteiger partial charge in [0, 0.05) is 43.0 Å². The Morgan fingerprint density at radius 1 is 1.12 bits per heavy atom. The van der Waals surface area contributed by atoms with Crippen molar-refractivity contribution in [1.29, 1.82) is 0 Å². The molecular formula is C19H23N3O2. The van der Waals surface area contributed by atoms with Gasteiger partial charge in [-0.05, 0) is 31.9 Å². The molecule has 0 radical (unpaired) electrons. The number of benzene rings is 2. The maximum absolute atomic E-state index is 11.1. The van der Waals surface area contributed by atoms with Crippen molar-refractivity contribution in [3.63, 3.8) is 0 Å². The second-order valence-corrected chi connectivity index (χ2v) is 6.45. The molecule has 1 aliphatic rings. The van der Waals surface area contributed by atoms with E-state index >= 15 is 0 Å². The molecule has 0 atom stereocenters. The summed E-state index contributed by atoms with van der Waals surface area (Å²) in [5.74, 6) is 0. The van der Waals surface area contributed by atoms with E-state index in [1.54, 1.807) is 12.1 Å². The summed E-state index contributed by atoms with van der Waals surface area (Å²) in [5.41, 5.74) is 3.45. The highest BCUT2D eigenvalue weighted by Crippen LogP contribution is 2.23. The largest absolute Gasteiger partial charge is 0.382 e. The normalized spacial score (nSPS) is 16.0. The van der Waals surface area contributed by atoms with Gasteiger partial charge in [0.05, 0.1) is 4.92 Å². The molecule has 1 saturated heterocycles. The third-order valence-corrected chi connectivity index (χ3v) is 4.59. The number of anilines is 1. The lowest BCUT2D eigenvalue weighted by molar-refractivity contribution is -0.385. The summed E-state index contributed by atoms with van der Waals surface area (Å²) in [7, 11) is 0. The molecule has 2 aromatic rings. The summed E-state index contributed by atoms with van der Waals surface area (Å²) < 4.78 is 0. The number of nitrogens with one attached hydrogen (secondary N) is 1. The second-order valence-electron chi connectivity index (χ2n) is 6.45. The number of aryl methyl sites for hydroxylation is 1. The topological polar surface area (TPSA) is 58.4 Å². The zero-order valence-corrected chi connectivity index (χ0v) is 13.9. The quantitative estimate of drug-likeness (QED) is 0.667. The van der Waals surface area contributed by atoms with Crippen LogP contribution in [0, 0.1) is 17.0 Å². The van der Waals surface area contributed by atoms with Crippen LogP contribution in [0.25, 0.3) is 0 Å². The molecule has 0 spiro atoms. The summed E-state index contributed by atoms with van der Waals surface area (Å²) in [6, 6.07) is 16.0. The minimum absolute atomic E-state index is 0.220. The molecule has 2 aromatic carbocycles. The Labute approximate surface area is 142 Å². The molecule has 1 aliphatic heterocycles. The van der Waals surface area contributed by atoms with E-state index in [0.717, 1.165) is 37.2 Å². The predicted octanol–water partition coefficient (Wildman–Crippen LogP) is 3.98. The number of piperidine rings is 1. The van der Waals surface area contributed by atoms with Crippen LogP contribution < -0.4 is 5.32 Å². The molecule has 0 aromatic heterocycles. The highest BCUT2D eigenvalue weighted by Gasteiger charge is 2.21. The summed E-state index contributed by atoms with van der Waals surface area (Å²) in [6.07, 6.45) is 2.10. The minimum atomic E-state index is -0.291. The molecule has 3 rings (SSSR count). The van der Waals surface area contributed by atoms with E-state index in [1.807, 2.05) is 12.1 Å². The molecule has 0 bridgehead atoms. The summed E-state index contributed by atoms with van der Waals surface area (Å²) >= 11 is 0. The molecule has 1 heterocycles. The molecule has 1 N–H and O–H groups in total. The first-order chi connectivity index (χ1) is 11.6. The number of likely N-dealkylation sites (tertiary alicyclic amines) is 1. The number of hydrogen-bond donors (Lipinski definition) is 1. The van der Waals surface area contributed by atoms with Gasteiger partial charge in [-0.1, -0.05) is 35.9 Å². The van der Waals surface area contributed by atoms with Crippen LogP contribution in [0.15, 0.2) is 48.5 Å². The monoisotopic (exact) mass is 325 g/mol. The number of hydrogen-bond acceptors (Lipinski definition) is 4. The molecule has 1 fully saturated rings. The lowest BCUT2D eigenvalue weighted by atomic mass is 10.0. The number of nitrogens with zero attached hydrogens (tertiary/aromatic N) is 2. The minimum Gasteiger partial charge on any atom is -0.382 e. The second kappa shape index (κ2) is 7.45. The summed E-state index contributed by atoms with van der Waals surface area (Å²) in [5, 5.41) is 14.7. The zero-order chi connectivity index (χ0) is 16.9. The third kappa shape index (κ3) is 4.11. The van der Waals surface area contributed by atoms with Crippen molar-refractivity contribution in [1.82, 2.24) is 4.90 Å². The van der Waals surface area contributed by atoms with Gasteiger partial charge in [0.15, 0.2) is 0 Å². The van der Waals surface area contributed by atoms with Crippen LogP contribution in [-0.4, -0.2) is 29.0 Å². The molecule has 5 nitrogen and oxygen atoms in total. The van der Waals surface area contributed by atoms with Crippen molar-refractivity contribution in [2.24, 2.45) is 0 Å². The fraction of sp³-hybridized carbons (Fsp3) is 0.368. The molecular weight excluding hydrogens is 302 g/mol. The first-order valence-corrected chi connectivity index (χ1v) is 8.39. The first-order valence-electron chi connectivity index (χ1n) is 8.39. The SMILES string of the molecule is Cc1ccc(NC2CCN(Cc3ccccc3[N+](=O)[O-])CC2)cc1. The Morgan fingerprint density at radius 3 is 2.46 bits per heavy atom. The van der Waals surface area contributed by atoms with Crippen molar-refractivity contribution < 1.29 is 4.92 Å². The van der Waals surface area contributed by atoms with Crippen molar-refractivity contribution >= 4 is 11.4 Å². The predicted molar refractivity (Wildman–Crippen MR) is 96.2 cm³/mol. The van der Waals surface area contributed by atoms with Crippen molar-refractivity contribution in [3.8, 4) is 0 Å². The van der Waals surface area contributed by atoms with Gasteiger partial charge in [-0.15, -0.1) is 0 Å². The van der Waals surface area contributed by atoms with E-state index in [2.05, 4.69) is 41.4 Å². The van der Waals surface area contributed by atoms with Gasteiger partial charge in [0.25, 0.3) is 5.69 Å². The summed E-state index contributed by atoms with van der Waals surface area (Å²) in [6.45, 7) is 4.64. The van der Waals surface area contributed by atoms with Crippen LogP contribution in [0.4, 0.5) is 11.4 Å². The fourth-order valence-corrected chi connectivity index (χ4v) is 3.18. The Hall–Kier alpha value is -2.40. The molecule has 24 heavy (non-hydrogen) atoms. The Kier molecular flexibility index (Phi) is 5.11. The van der Waals surface area contributed by atoms with Gasteiger partial charge in [-0.2, -0.15) is 0 Å². The van der Waals surface area contributed by atoms with Crippen molar-refractivity contribution in [3.05, 3.63) is 69.8 Å². The van der Waals surface area contributed by atoms with Crippen LogP contribution >= 0.6 is 0 Å². The van der Waals surface area contributed by atoms with Gasteiger partial charge >= 0.3 is 0 Å². The zero-order valence-electron chi connectivity index (χ0n) is 13.9. The van der Waals surface area contributed by atoms with Gasteiger partial charge in [0.1, 0.15) is 0 Å². The molecule has 0 aliphatic carbocycles. The molecule has 5 heteroatoms. The van der Waals surface area contributed by atoms with E-state index in [9.17, 15) is 10.1 Å². The lowest BCUT2D eigenvalue weighted by Crippen LogP contribution is -2.38. The Bertz CT molecular complexity index is 692. The van der Waals surface area contributed by atoms with E-state index in [-0.39, 0.29) is 10.6 Å². The number of rotatable bonds is 5. The highest BCUT2D eigenvalue weighted by atomic mass is 16.6. The van der Waals surface area contributed by atoms with E-state index < -0.39 is 0 Å². The smallest absolute Gasteiger partial charge is 0.273 e. The average Bonchev–Trinajstić information content (AvgIpc) is 2.59. The molecule has 0 unspecified atom stereocenters. The third-order valence-electron chi connectivity index (χ3n) is 4.59. The Balaban J connectivity index is 1.54. The summed E-state index contributed by atoms with van der Waals surface area (Å²) in [4.78, 5) is 13.1. The van der Waals surface area contributed by atoms with E-state index in [0.29, 0.717) is 12.6 Å². The van der Waals surface area contributed by atoms with Gasteiger partial charge in [-0.25, -0.2) is 0 Å². The van der Waals surface area contributed by atoms with Crippen LogP contribution in [0.3, 0.4) is 0 Å². The Morgan fingerprint density at radius 2 is 1.79 bits per heavy atom. The fourth-order valence-electron chi connectivity index (χ4n) is 3.18. The van der Waals surface area contributed by atoms with Crippen LogP contribution in [0.2, 0.25) is 0 Å². The van der Waals surface area contributed by atoms with Crippen molar-refractivity contribution in [2.45, 2.75) is 32.4 Å². The van der Waals surface area contributed by atoms with Crippen LogP contribution in [0.5, 0.6) is 0 Å². The van der Waals surface area contributed by atoms with E-state index in [1.165, 1.54) is 5.56 Å². The highest BCUT2D eigenvalue weighted by molar-refractivity contribution is 5.45.